The van der Waals surface area contributed by atoms with Crippen molar-refractivity contribution in [1.82, 2.24) is 5.32 Å². The van der Waals surface area contributed by atoms with Gasteiger partial charge in [0, 0.05) is 11.7 Å². The Hall–Kier alpha value is -3.13. The summed E-state index contributed by atoms with van der Waals surface area (Å²) >= 11 is 4.27. The van der Waals surface area contributed by atoms with Gasteiger partial charge in [-0.25, -0.2) is 18.0 Å². The standard InChI is InChI=1S/C25H26BrN3O7S2/c26-21-22(36-13-20(30)31)24(25(32)33)37-23(21)15-5-3-6-18(12-15)29(17-8-10-28-11-9-17)38(34,35)14-16-4-1-2-7-19(16)27/h1-7,12,17,28H,8-11,13-14,27H2,(H,30,31)(H,32,33). The Bertz CT molecular complexity index is 1450. The number of hydrogen-bond donors (Lipinski definition) is 4. The molecule has 0 saturated carbocycles. The van der Waals surface area contributed by atoms with Crippen molar-refractivity contribution in [3.8, 4) is 16.2 Å². The predicted molar refractivity (Wildman–Crippen MR) is 149 cm³/mol. The number of aliphatic carboxylic acids is 1. The second kappa shape index (κ2) is 11.7. The highest BCUT2D eigenvalue weighted by atomic mass is 79.9. The summed E-state index contributed by atoms with van der Waals surface area (Å²) in [5.74, 6) is -2.87. The van der Waals surface area contributed by atoms with E-state index in [9.17, 15) is 23.1 Å². The molecule has 0 spiro atoms. The third kappa shape index (κ3) is 6.12. The molecule has 1 aromatic heterocycles. The van der Waals surface area contributed by atoms with Gasteiger partial charge in [-0.15, -0.1) is 11.3 Å². The van der Waals surface area contributed by atoms with Crippen molar-refractivity contribution in [3.63, 3.8) is 0 Å². The Morgan fingerprint density at radius 2 is 1.84 bits per heavy atom. The number of thiophene rings is 1. The number of carbonyl (C=O) groups is 2. The number of anilines is 2. The number of nitrogen functional groups attached to an aromatic ring is 1. The van der Waals surface area contributed by atoms with Crippen molar-refractivity contribution >= 4 is 60.6 Å². The number of piperidine rings is 1. The van der Waals surface area contributed by atoms with Gasteiger partial charge in [-0.05, 0) is 71.2 Å². The second-order valence-electron chi connectivity index (χ2n) is 8.67. The number of nitrogens with two attached hydrogens (primary N) is 1. The van der Waals surface area contributed by atoms with Crippen LogP contribution in [-0.2, 0) is 20.6 Å². The SMILES string of the molecule is Nc1ccccc1CS(=O)(=O)N(c1cccc(-c2sc(C(=O)O)c(OCC(=O)O)c2Br)c1)C1CCNCC1. The van der Waals surface area contributed by atoms with Gasteiger partial charge in [-0.3, -0.25) is 4.31 Å². The molecular formula is C25H26BrN3O7S2. The quantitative estimate of drug-likeness (QED) is 0.245. The first kappa shape index (κ1) is 27.9. The molecule has 0 aliphatic carbocycles. The molecule has 10 nitrogen and oxygen atoms in total. The van der Waals surface area contributed by atoms with E-state index in [4.69, 9.17) is 15.6 Å². The summed E-state index contributed by atoms with van der Waals surface area (Å²) in [6.07, 6.45) is 1.24. The lowest BCUT2D eigenvalue weighted by Crippen LogP contribution is -2.46. The maximum absolute atomic E-state index is 13.9. The highest BCUT2D eigenvalue weighted by Gasteiger charge is 2.33. The molecule has 3 aromatic rings. The van der Waals surface area contributed by atoms with Crippen LogP contribution in [0.1, 0.15) is 28.1 Å². The Morgan fingerprint density at radius 3 is 2.50 bits per heavy atom. The van der Waals surface area contributed by atoms with Crippen LogP contribution in [0.25, 0.3) is 10.4 Å². The molecule has 4 rings (SSSR count). The van der Waals surface area contributed by atoms with Crippen molar-refractivity contribution in [2.75, 3.05) is 29.7 Å². The van der Waals surface area contributed by atoms with E-state index in [2.05, 4.69) is 21.2 Å². The number of halogens is 1. The molecule has 0 amide bonds. The summed E-state index contributed by atoms with van der Waals surface area (Å²) in [6, 6.07) is 13.4. The first-order valence-electron chi connectivity index (χ1n) is 11.6. The first-order valence-corrected chi connectivity index (χ1v) is 14.9. The van der Waals surface area contributed by atoms with E-state index in [1.165, 1.54) is 4.31 Å². The number of para-hydroxylation sites is 1. The van der Waals surface area contributed by atoms with Gasteiger partial charge >= 0.3 is 11.9 Å². The minimum atomic E-state index is -3.86. The summed E-state index contributed by atoms with van der Waals surface area (Å²) in [4.78, 5) is 23.1. The number of nitrogens with one attached hydrogen (secondary N) is 1. The lowest BCUT2D eigenvalue weighted by Gasteiger charge is -2.35. The zero-order chi connectivity index (χ0) is 27.4. The van der Waals surface area contributed by atoms with Gasteiger partial charge in [0.2, 0.25) is 10.0 Å². The largest absolute Gasteiger partial charge is 0.479 e. The first-order chi connectivity index (χ1) is 18.1. The molecule has 2 heterocycles. The lowest BCUT2D eigenvalue weighted by atomic mass is 10.1. The molecule has 0 radical (unpaired) electrons. The monoisotopic (exact) mass is 623 g/mol. The van der Waals surface area contributed by atoms with Crippen LogP contribution in [0.15, 0.2) is 53.0 Å². The van der Waals surface area contributed by atoms with E-state index in [0.717, 1.165) is 11.3 Å². The molecule has 0 atom stereocenters. The van der Waals surface area contributed by atoms with Crippen LogP contribution in [0.3, 0.4) is 0 Å². The average molecular weight is 625 g/mol. The van der Waals surface area contributed by atoms with Crippen molar-refractivity contribution in [1.29, 1.82) is 0 Å². The molecule has 202 valence electrons. The van der Waals surface area contributed by atoms with Crippen molar-refractivity contribution < 1.29 is 33.0 Å². The molecule has 1 fully saturated rings. The van der Waals surface area contributed by atoms with E-state index in [-0.39, 0.29) is 26.9 Å². The molecule has 38 heavy (non-hydrogen) atoms. The van der Waals surface area contributed by atoms with E-state index >= 15 is 0 Å². The molecular weight excluding hydrogens is 598 g/mol. The zero-order valence-electron chi connectivity index (χ0n) is 20.1. The van der Waals surface area contributed by atoms with Crippen LogP contribution in [0.5, 0.6) is 5.75 Å². The Morgan fingerprint density at radius 1 is 1.13 bits per heavy atom. The van der Waals surface area contributed by atoms with Gasteiger partial charge in [-0.1, -0.05) is 30.3 Å². The fourth-order valence-corrected chi connectivity index (χ4v) is 8.12. The fraction of sp³-hybridized carbons (Fsp3) is 0.280. The van der Waals surface area contributed by atoms with Gasteiger partial charge < -0.3 is 26.0 Å². The van der Waals surface area contributed by atoms with Gasteiger partial charge in [0.05, 0.1) is 20.8 Å². The summed E-state index contributed by atoms with van der Waals surface area (Å²) in [5.41, 5.74) is 7.95. The smallest absolute Gasteiger partial charge is 0.349 e. The van der Waals surface area contributed by atoms with E-state index < -0.39 is 28.6 Å². The molecule has 1 saturated heterocycles. The summed E-state index contributed by atoms with van der Waals surface area (Å²) in [6.45, 7) is 0.637. The summed E-state index contributed by atoms with van der Waals surface area (Å²) in [5, 5.41) is 21.9. The van der Waals surface area contributed by atoms with E-state index in [1.807, 2.05) is 0 Å². The van der Waals surface area contributed by atoms with Gasteiger partial charge in [0.25, 0.3) is 0 Å². The zero-order valence-corrected chi connectivity index (χ0v) is 23.3. The van der Waals surface area contributed by atoms with Crippen molar-refractivity contribution in [2.45, 2.75) is 24.6 Å². The van der Waals surface area contributed by atoms with Crippen LogP contribution < -0.4 is 20.1 Å². The van der Waals surface area contributed by atoms with Gasteiger partial charge in [-0.2, -0.15) is 0 Å². The van der Waals surface area contributed by atoms with Crippen molar-refractivity contribution in [3.05, 3.63) is 63.4 Å². The number of rotatable bonds is 10. The van der Waals surface area contributed by atoms with Crippen LogP contribution in [-0.4, -0.2) is 56.3 Å². The highest BCUT2D eigenvalue weighted by Crippen LogP contribution is 2.46. The van der Waals surface area contributed by atoms with Crippen LogP contribution >= 0.6 is 27.3 Å². The van der Waals surface area contributed by atoms with E-state index in [1.54, 1.807) is 48.5 Å². The number of sulfonamides is 1. The van der Waals surface area contributed by atoms with E-state index in [0.29, 0.717) is 53.3 Å². The number of carboxylic acids is 2. The predicted octanol–water partition coefficient (Wildman–Crippen LogP) is 4.01. The molecule has 2 aromatic carbocycles. The minimum Gasteiger partial charge on any atom is -0.479 e. The third-order valence-corrected chi connectivity index (χ3v) is 10.1. The minimum absolute atomic E-state index is 0.0901. The number of ether oxygens (including phenoxy) is 1. The molecule has 1 aliphatic heterocycles. The average Bonchev–Trinajstić information content (AvgIpc) is 3.21. The number of carboxylic acid groups (broad SMARTS) is 2. The normalized spacial score (nSPS) is 14.2. The highest BCUT2D eigenvalue weighted by molar-refractivity contribution is 9.10. The Balaban J connectivity index is 1.77. The molecule has 13 heteroatoms. The van der Waals surface area contributed by atoms with Crippen LogP contribution in [0, 0.1) is 0 Å². The maximum atomic E-state index is 13.9. The summed E-state index contributed by atoms with van der Waals surface area (Å²) in [7, 11) is -3.86. The lowest BCUT2D eigenvalue weighted by molar-refractivity contribution is -0.139. The summed E-state index contributed by atoms with van der Waals surface area (Å²) < 4.78 is 34.7. The second-order valence-corrected chi connectivity index (χ2v) is 12.3. The van der Waals surface area contributed by atoms with Crippen molar-refractivity contribution in [2.24, 2.45) is 0 Å². The van der Waals surface area contributed by atoms with Gasteiger partial charge in [0.15, 0.2) is 17.2 Å². The van der Waals surface area contributed by atoms with Crippen LogP contribution in [0.2, 0.25) is 0 Å². The fourth-order valence-electron chi connectivity index (χ4n) is 4.34. The maximum Gasteiger partial charge on any atom is 0.349 e. The van der Waals surface area contributed by atoms with Crippen LogP contribution in [0.4, 0.5) is 11.4 Å². The number of hydrogen-bond acceptors (Lipinski definition) is 8. The number of nitrogens with zero attached hydrogens (tertiary/aromatic N) is 1. The number of aromatic carboxylic acids is 1. The van der Waals surface area contributed by atoms with Gasteiger partial charge in [0.1, 0.15) is 0 Å². The molecule has 5 N–H and O–H groups in total. The Kier molecular flexibility index (Phi) is 8.61. The number of benzene rings is 2. The molecule has 0 unspecified atom stereocenters. The Labute approximate surface area is 232 Å². The molecule has 1 aliphatic rings. The third-order valence-electron chi connectivity index (χ3n) is 6.04. The topological polar surface area (TPSA) is 159 Å². The molecule has 0 bridgehead atoms.